The molecule has 1 aromatic carbocycles. The lowest BCUT2D eigenvalue weighted by atomic mass is 10.3. The molecule has 9 heteroatoms. The van der Waals surface area contributed by atoms with Gasteiger partial charge in [0.1, 0.15) is 0 Å². The zero-order chi connectivity index (χ0) is 14.7. The first-order valence-corrected chi connectivity index (χ1v) is 6.79. The van der Waals surface area contributed by atoms with Crippen molar-refractivity contribution in [1.82, 2.24) is 15.0 Å². The number of nitrogens with one attached hydrogen (secondary N) is 2. The van der Waals surface area contributed by atoms with Crippen LogP contribution >= 0.6 is 27.5 Å². The van der Waals surface area contributed by atoms with Crippen LogP contribution in [0.2, 0.25) is 5.02 Å². The van der Waals surface area contributed by atoms with Gasteiger partial charge in [-0.3, -0.25) is 5.43 Å². The van der Waals surface area contributed by atoms with Gasteiger partial charge >= 0.3 is 0 Å². The molecule has 0 atom stereocenters. The molecule has 0 saturated carbocycles. The van der Waals surface area contributed by atoms with E-state index in [4.69, 9.17) is 17.4 Å². The quantitative estimate of drug-likeness (QED) is 0.571. The van der Waals surface area contributed by atoms with Gasteiger partial charge in [-0.2, -0.15) is 15.0 Å². The third-order valence-corrected chi connectivity index (χ3v) is 3.75. The van der Waals surface area contributed by atoms with E-state index in [-0.39, 0.29) is 5.95 Å². The monoisotopic (exact) mass is 357 g/mol. The molecule has 4 N–H and O–H groups in total. The molecule has 0 unspecified atom stereocenters. The van der Waals surface area contributed by atoms with Crippen molar-refractivity contribution >= 4 is 51.1 Å². The van der Waals surface area contributed by atoms with Crippen LogP contribution in [0.15, 0.2) is 22.7 Å². The van der Waals surface area contributed by atoms with E-state index in [1.807, 2.05) is 26.2 Å². The fourth-order valence-electron chi connectivity index (χ4n) is 1.41. The minimum Gasteiger partial charge on any atom is -0.347 e. The Morgan fingerprint density at radius 2 is 1.90 bits per heavy atom. The van der Waals surface area contributed by atoms with E-state index in [1.54, 1.807) is 11.0 Å². The normalized spacial score (nSPS) is 10.2. The summed E-state index contributed by atoms with van der Waals surface area (Å²) in [7, 11) is 3.66. The van der Waals surface area contributed by atoms with Crippen molar-refractivity contribution in [2.45, 2.75) is 0 Å². The molecular formula is C11H13BrClN7. The summed E-state index contributed by atoms with van der Waals surface area (Å²) >= 11 is 9.44. The van der Waals surface area contributed by atoms with Crippen LogP contribution in [0.3, 0.4) is 0 Å². The summed E-state index contributed by atoms with van der Waals surface area (Å²) in [4.78, 5) is 14.3. The Labute approximate surface area is 129 Å². The molecule has 1 heterocycles. The average molecular weight is 359 g/mol. The van der Waals surface area contributed by atoms with Gasteiger partial charge in [-0.05, 0) is 28.1 Å². The summed E-state index contributed by atoms with van der Waals surface area (Å²) in [5.41, 5.74) is 3.15. The molecule has 106 valence electrons. The third kappa shape index (κ3) is 3.27. The fraction of sp³-hybridized carbons (Fsp3) is 0.182. The second kappa shape index (κ2) is 6.21. The van der Waals surface area contributed by atoms with Crippen LogP contribution in [0.25, 0.3) is 0 Å². The van der Waals surface area contributed by atoms with Gasteiger partial charge in [-0.15, -0.1) is 0 Å². The molecule has 0 spiro atoms. The summed E-state index contributed by atoms with van der Waals surface area (Å²) in [5, 5.41) is 3.66. The first kappa shape index (κ1) is 14.8. The Bertz CT molecular complexity index is 620. The lowest BCUT2D eigenvalue weighted by Gasteiger charge is -2.14. The molecule has 0 amide bonds. The minimum atomic E-state index is 0.268. The molecule has 0 saturated heterocycles. The smallest absolute Gasteiger partial charge is 0.243 e. The zero-order valence-electron chi connectivity index (χ0n) is 10.9. The van der Waals surface area contributed by atoms with Crippen molar-refractivity contribution in [2.75, 3.05) is 29.7 Å². The van der Waals surface area contributed by atoms with Crippen molar-refractivity contribution in [3.8, 4) is 0 Å². The molecule has 2 rings (SSSR count). The number of nitrogen functional groups attached to an aromatic ring is 1. The van der Waals surface area contributed by atoms with E-state index in [2.05, 4.69) is 41.6 Å². The van der Waals surface area contributed by atoms with Crippen molar-refractivity contribution in [3.63, 3.8) is 0 Å². The van der Waals surface area contributed by atoms with E-state index in [9.17, 15) is 0 Å². The summed E-state index contributed by atoms with van der Waals surface area (Å²) < 4.78 is 0.732. The Morgan fingerprint density at radius 3 is 2.55 bits per heavy atom. The summed E-state index contributed by atoms with van der Waals surface area (Å²) in [5.74, 6) is 6.46. The van der Waals surface area contributed by atoms with E-state index in [0.29, 0.717) is 16.9 Å². The van der Waals surface area contributed by atoms with Crippen molar-refractivity contribution in [3.05, 3.63) is 27.7 Å². The number of nitrogens with zero attached hydrogens (tertiary/aromatic N) is 4. The lowest BCUT2D eigenvalue weighted by Crippen LogP contribution is -2.18. The summed E-state index contributed by atoms with van der Waals surface area (Å²) in [6.07, 6.45) is 0. The van der Waals surface area contributed by atoms with Crippen LogP contribution in [0, 0.1) is 0 Å². The van der Waals surface area contributed by atoms with Gasteiger partial charge in [0.2, 0.25) is 17.8 Å². The number of halogens is 2. The Morgan fingerprint density at radius 1 is 1.20 bits per heavy atom. The predicted octanol–water partition coefficient (Wildman–Crippen LogP) is 2.38. The summed E-state index contributed by atoms with van der Waals surface area (Å²) in [6.45, 7) is 0. The minimum absolute atomic E-state index is 0.268. The lowest BCUT2D eigenvalue weighted by molar-refractivity contribution is 0.957. The number of anilines is 4. The van der Waals surface area contributed by atoms with Crippen LogP contribution in [0.5, 0.6) is 0 Å². The molecule has 20 heavy (non-hydrogen) atoms. The number of rotatable bonds is 4. The Hall–Kier alpha value is -1.64. The SMILES string of the molecule is CN(C)c1nc(NN)nc(Nc2cccc(Cl)c2Br)n1. The second-order valence-electron chi connectivity index (χ2n) is 4.05. The molecule has 0 aliphatic heterocycles. The Balaban J connectivity index is 2.37. The maximum atomic E-state index is 6.04. The highest BCUT2D eigenvalue weighted by Gasteiger charge is 2.10. The molecule has 0 aliphatic rings. The standard InChI is InChI=1S/C11H13BrClN7/c1-20(2)11-17-9(16-10(18-11)19-14)15-7-5-3-4-6(13)8(7)12/h3-5H,14H2,1-2H3,(H2,15,16,17,18,19). The maximum absolute atomic E-state index is 6.04. The Kier molecular flexibility index (Phi) is 4.58. The van der Waals surface area contributed by atoms with Crippen molar-refractivity contribution in [1.29, 1.82) is 0 Å². The van der Waals surface area contributed by atoms with Gasteiger partial charge in [0, 0.05) is 14.1 Å². The maximum Gasteiger partial charge on any atom is 0.243 e. The number of aromatic nitrogens is 3. The molecule has 0 radical (unpaired) electrons. The highest BCUT2D eigenvalue weighted by Crippen LogP contribution is 2.31. The largest absolute Gasteiger partial charge is 0.347 e. The molecule has 1 aromatic heterocycles. The van der Waals surface area contributed by atoms with Gasteiger partial charge in [0.05, 0.1) is 15.2 Å². The number of hydrogen-bond donors (Lipinski definition) is 3. The fourth-order valence-corrected chi connectivity index (χ4v) is 1.94. The number of hydrazine groups is 1. The van der Waals surface area contributed by atoms with Crippen LogP contribution in [-0.2, 0) is 0 Å². The van der Waals surface area contributed by atoms with Crippen LogP contribution in [0.4, 0.5) is 23.5 Å². The zero-order valence-corrected chi connectivity index (χ0v) is 13.2. The molecular weight excluding hydrogens is 346 g/mol. The predicted molar refractivity (Wildman–Crippen MR) is 84.4 cm³/mol. The number of hydrogen-bond acceptors (Lipinski definition) is 7. The van der Waals surface area contributed by atoms with Crippen LogP contribution < -0.4 is 21.5 Å². The topological polar surface area (TPSA) is 92.0 Å². The first-order valence-electron chi connectivity index (χ1n) is 5.62. The second-order valence-corrected chi connectivity index (χ2v) is 5.25. The van der Waals surface area contributed by atoms with E-state index in [0.717, 1.165) is 10.2 Å². The van der Waals surface area contributed by atoms with Crippen LogP contribution in [-0.4, -0.2) is 29.0 Å². The van der Waals surface area contributed by atoms with Gasteiger partial charge < -0.3 is 10.2 Å². The number of benzene rings is 1. The molecule has 0 bridgehead atoms. The highest BCUT2D eigenvalue weighted by molar-refractivity contribution is 9.10. The van der Waals surface area contributed by atoms with Gasteiger partial charge in [0.25, 0.3) is 0 Å². The average Bonchev–Trinajstić information content (AvgIpc) is 2.43. The van der Waals surface area contributed by atoms with Gasteiger partial charge in [-0.1, -0.05) is 17.7 Å². The van der Waals surface area contributed by atoms with Gasteiger partial charge in [-0.25, -0.2) is 5.84 Å². The van der Waals surface area contributed by atoms with E-state index < -0.39 is 0 Å². The summed E-state index contributed by atoms with van der Waals surface area (Å²) in [6, 6.07) is 5.46. The molecule has 7 nitrogen and oxygen atoms in total. The number of nitrogens with two attached hydrogens (primary N) is 1. The molecule has 0 aliphatic carbocycles. The van der Waals surface area contributed by atoms with Crippen molar-refractivity contribution < 1.29 is 0 Å². The van der Waals surface area contributed by atoms with E-state index in [1.165, 1.54) is 0 Å². The third-order valence-electron chi connectivity index (χ3n) is 2.35. The highest BCUT2D eigenvalue weighted by atomic mass is 79.9. The van der Waals surface area contributed by atoms with Crippen molar-refractivity contribution in [2.24, 2.45) is 5.84 Å². The first-order chi connectivity index (χ1) is 9.51. The molecule has 2 aromatic rings. The van der Waals surface area contributed by atoms with Crippen LogP contribution in [0.1, 0.15) is 0 Å². The molecule has 0 fully saturated rings. The van der Waals surface area contributed by atoms with Gasteiger partial charge in [0.15, 0.2) is 0 Å². The van der Waals surface area contributed by atoms with E-state index >= 15 is 0 Å².